The van der Waals surface area contributed by atoms with Gasteiger partial charge in [0.05, 0.1) is 13.7 Å². The Kier molecular flexibility index (Phi) is 6.21. The smallest absolute Gasteiger partial charge is 0.426 e. The summed E-state index contributed by atoms with van der Waals surface area (Å²) in [5, 5.41) is 0. The van der Waals surface area contributed by atoms with E-state index in [0.717, 1.165) is 11.3 Å². The number of nitrogens with one attached hydrogen (secondary N) is 2. The van der Waals surface area contributed by atoms with Gasteiger partial charge in [-0.15, -0.1) is 0 Å². The standard InChI is InChI=1S/C13H18N2O4/c1-3-19-13(17)15-14-12(16)9-8-10-6-4-5-7-11(10)18-2/h4-7H,3,8-9H2,1-2H3,(H,14,16)(H,15,17). The van der Waals surface area contributed by atoms with Crippen molar-refractivity contribution in [1.82, 2.24) is 10.9 Å². The first-order valence-corrected chi connectivity index (χ1v) is 6.00. The summed E-state index contributed by atoms with van der Waals surface area (Å²) in [5.41, 5.74) is 5.37. The molecule has 0 atom stereocenters. The van der Waals surface area contributed by atoms with Crippen LogP contribution in [0.3, 0.4) is 0 Å². The van der Waals surface area contributed by atoms with Gasteiger partial charge in [0.1, 0.15) is 5.75 Å². The lowest BCUT2D eigenvalue weighted by molar-refractivity contribution is -0.121. The molecule has 0 saturated heterocycles. The minimum atomic E-state index is -0.673. The molecule has 0 bridgehead atoms. The zero-order chi connectivity index (χ0) is 14.1. The average Bonchev–Trinajstić information content (AvgIpc) is 2.43. The Hall–Kier alpha value is -2.24. The molecule has 0 radical (unpaired) electrons. The zero-order valence-electron chi connectivity index (χ0n) is 11.1. The molecule has 1 aromatic rings. The molecule has 0 aliphatic carbocycles. The van der Waals surface area contributed by atoms with Crippen molar-refractivity contribution in [3.63, 3.8) is 0 Å². The fraction of sp³-hybridized carbons (Fsp3) is 0.385. The summed E-state index contributed by atoms with van der Waals surface area (Å²) in [6.07, 6.45) is 0.0979. The Morgan fingerprint density at radius 2 is 1.95 bits per heavy atom. The summed E-state index contributed by atoms with van der Waals surface area (Å²) in [4.78, 5) is 22.5. The van der Waals surface area contributed by atoms with Crippen LogP contribution in [0, 0.1) is 0 Å². The third-order valence-electron chi connectivity index (χ3n) is 2.39. The van der Waals surface area contributed by atoms with Crippen LogP contribution in [0.4, 0.5) is 4.79 Å². The molecule has 0 fully saturated rings. The molecular weight excluding hydrogens is 248 g/mol. The summed E-state index contributed by atoms with van der Waals surface area (Å²) in [6, 6.07) is 7.48. The number of hydrogen-bond donors (Lipinski definition) is 2. The maximum atomic E-state index is 11.5. The normalized spacial score (nSPS) is 9.58. The number of ether oxygens (including phenoxy) is 2. The maximum Gasteiger partial charge on any atom is 0.426 e. The fourth-order valence-corrected chi connectivity index (χ4v) is 1.51. The first kappa shape index (κ1) is 14.8. The Morgan fingerprint density at radius 3 is 2.63 bits per heavy atom. The van der Waals surface area contributed by atoms with Gasteiger partial charge in [0.2, 0.25) is 5.91 Å². The van der Waals surface area contributed by atoms with Crippen LogP contribution in [0.15, 0.2) is 24.3 Å². The SMILES string of the molecule is CCOC(=O)NNC(=O)CCc1ccccc1OC. The number of rotatable bonds is 5. The van der Waals surface area contributed by atoms with Gasteiger partial charge >= 0.3 is 6.09 Å². The quantitative estimate of drug-likeness (QED) is 0.790. The van der Waals surface area contributed by atoms with Crippen LogP contribution >= 0.6 is 0 Å². The molecule has 0 spiro atoms. The van der Waals surface area contributed by atoms with Crippen molar-refractivity contribution >= 4 is 12.0 Å². The largest absolute Gasteiger partial charge is 0.496 e. The van der Waals surface area contributed by atoms with Crippen molar-refractivity contribution in [2.24, 2.45) is 0 Å². The molecule has 0 aliphatic rings. The van der Waals surface area contributed by atoms with Crippen molar-refractivity contribution < 1.29 is 19.1 Å². The van der Waals surface area contributed by atoms with E-state index in [2.05, 4.69) is 15.6 Å². The maximum absolute atomic E-state index is 11.5. The van der Waals surface area contributed by atoms with Crippen LogP contribution in [-0.4, -0.2) is 25.7 Å². The number of carbonyl (C=O) groups excluding carboxylic acids is 2. The second kappa shape index (κ2) is 7.97. The minimum absolute atomic E-state index is 0.243. The van der Waals surface area contributed by atoms with Gasteiger partial charge in [-0.1, -0.05) is 18.2 Å². The van der Waals surface area contributed by atoms with Gasteiger partial charge in [-0.25, -0.2) is 10.2 Å². The highest BCUT2D eigenvalue weighted by atomic mass is 16.6. The van der Waals surface area contributed by atoms with Crippen LogP contribution in [0.5, 0.6) is 5.75 Å². The molecule has 6 nitrogen and oxygen atoms in total. The van der Waals surface area contributed by atoms with E-state index in [4.69, 9.17) is 4.74 Å². The van der Waals surface area contributed by atoms with Crippen molar-refractivity contribution in [2.45, 2.75) is 19.8 Å². The summed E-state index contributed by atoms with van der Waals surface area (Å²) in [5.74, 6) is 0.451. The molecule has 1 aromatic carbocycles. The van der Waals surface area contributed by atoms with Crippen LogP contribution in [-0.2, 0) is 16.0 Å². The summed E-state index contributed by atoms with van der Waals surface area (Å²) >= 11 is 0. The second-order valence-electron chi connectivity index (χ2n) is 3.71. The Labute approximate surface area is 112 Å². The highest BCUT2D eigenvalue weighted by Crippen LogP contribution is 2.18. The number of para-hydroxylation sites is 1. The van der Waals surface area contributed by atoms with Gasteiger partial charge in [-0.3, -0.25) is 10.2 Å². The second-order valence-corrected chi connectivity index (χ2v) is 3.71. The molecule has 0 aliphatic heterocycles. The lowest BCUT2D eigenvalue weighted by atomic mass is 10.1. The number of carbonyl (C=O) groups is 2. The molecule has 0 aromatic heterocycles. The number of hydrazine groups is 1. The Balaban J connectivity index is 2.35. The number of aryl methyl sites for hydroxylation is 1. The highest BCUT2D eigenvalue weighted by molar-refractivity contribution is 5.79. The molecule has 0 heterocycles. The average molecular weight is 266 g/mol. The molecule has 2 amide bonds. The predicted octanol–water partition coefficient (Wildman–Crippen LogP) is 1.41. The third-order valence-corrected chi connectivity index (χ3v) is 2.39. The summed E-state index contributed by atoms with van der Waals surface area (Å²) < 4.78 is 9.79. The van der Waals surface area contributed by atoms with E-state index in [1.54, 1.807) is 14.0 Å². The molecule has 1 rings (SSSR count). The van der Waals surface area contributed by atoms with Gasteiger partial charge in [0.15, 0.2) is 0 Å². The van der Waals surface area contributed by atoms with Crippen LogP contribution in [0.2, 0.25) is 0 Å². The van der Waals surface area contributed by atoms with E-state index in [1.165, 1.54) is 0 Å². The first-order valence-electron chi connectivity index (χ1n) is 6.00. The fourth-order valence-electron chi connectivity index (χ4n) is 1.51. The predicted molar refractivity (Wildman–Crippen MR) is 69.6 cm³/mol. The number of methoxy groups -OCH3 is 1. The number of amides is 2. The van der Waals surface area contributed by atoms with Gasteiger partial charge in [0.25, 0.3) is 0 Å². The highest BCUT2D eigenvalue weighted by Gasteiger charge is 2.07. The van der Waals surface area contributed by atoms with E-state index >= 15 is 0 Å². The van der Waals surface area contributed by atoms with E-state index in [9.17, 15) is 9.59 Å². The van der Waals surface area contributed by atoms with Crippen molar-refractivity contribution in [3.05, 3.63) is 29.8 Å². The third kappa shape index (κ3) is 5.29. The van der Waals surface area contributed by atoms with Crippen LogP contribution in [0.25, 0.3) is 0 Å². The Morgan fingerprint density at radius 1 is 1.21 bits per heavy atom. The molecular formula is C13H18N2O4. The lowest BCUT2D eigenvalue weighted by Gasteiger charge is -2.09. The van der Waals surface area contributed by atoms with Gasteiger partial charge in [-0.05, 0) is 25.0 Å². The summed E-state index contributed by atoms with van der Waals surface area (Å²) in [7, 11) is 1.58. The van der Waals surface area contributed by atoms with E-state index in [-0.39, 0.29) is 18.9 Å². The number of benzene rings is 1. The van der Waals surface area contributed by atoms with Crippen LogP contribution in [0.1, 0.15) is 18.9 Å². The monoisotopic (exact) mass is 266 g/mol. The molecule has 0 saturated carbocycles. The van der Waals surface area contributed by atoms with E-state index in [0.29, 0.717) is 6.42 Å². The topological polar surface area (TPSA) is 76.7 Å². The van der Waals surface area contributed by atoms with Gasteiger partial charge in [0, 0.05) is 6.42 Å². The molecule has 2 N–H and O–H groups in total. The van der Waals surface area contributed by atoms with Crippen molar-refractivity contribution in [3.8, 4) is 5.75 Å². The molecule has 104 valence electrons. The lowest BCUT2D eigenvalue weighted by Crippen LogP contribution is -2.42. The van der Waals surface area contributed by atoms with Crippen LogP contribution < -0.4 is 15.6 Å². The first-order chi connectivity index (χ1) is 9.17. The van der Waals surface area contributed by atoms with E-state index in [1.807, 2.05) is 24.3 Å². The van der Waals surface area contributed by atoms with Crippen molar-refractivity contribution in [1.29, 1.82) is 0 Å². The zero-order valence-corrected chi connectivity index (χ0v) is 11.1. The molecule has 6 heteroatoms. The van der Waals surface area contributed by atoms with Gasteiger partial charge < -0.3 is 9.47 Å². The summed E-state index contributed by atoms with van der Waals surface area (Å²) in [6.45, 7) is 1.94. The molecule has 19 heavy (non-hydrogen) atoms. The minimum Gasteiger partial charge on any atom is -0.496 e. The Bertz CT molecular complexity index is 434. The number of hydrogen-bond acceptors (Lipinski definition) is 4. The van der Waals surface area contributed by atoms with Gasteiger partial charge in [-0.2, -0.15) is 0 Å². The molecule has 0 unspecified atom stereocenters. The van der Waals surface area contributed by atoms with E-state index < -0.39 is 6.09 Å². The van der Waals surface area contributed by atoms with Crippen molar-refractivity contribution in [2.75, 3.05) is 13.7 Å².